The van der Waals surface area contributed by atoms with Crippen LogP contribution in [0.25, 0.3) is 0 Å². The Morgan fingerprint density at radius 2 is 2.18 bits per heavy atom. The number of hydrogen-bond acceptors (Lipinski definition) is 3. The van der Waals surface area contributed by atoms with Crippen LogP contribution in [0.2, 0.25) is 0 Å². The molecular weight excluding hydrogens is 230 g/mol. The van der Waals surface area contributed by atoms with Crippen molar-refractivity contribution in [2.75, 3.05) is 5.75 Å². The van der Waals surface area contributed by atoms with Gasteiger partial charge in [0.1, 0.15) is 6.07 Å². The third-order valence-electron chi connectivity index (χ3n) is 2.05. The highest BCUT2D eigenvalue weighted by molar-refractivity contribution is 8.13. The highest BCUT2D eigenvalue weighted by atomic mass is 32.2. The van der Waals surface area contributed by atoms with Crippen molar-refractivity contribution < 1.29 is 4.79 Å². The van der Waals surface area contributed by atoms with E-state index in [1.807, 2.05) is 19.1 Å². The van der Waals surface area contributed by atoms with Crippen LogP contribution < -0.4 is 0 Å². The quantitative estimate of drug-likeness (QED) is 0.592. The van der Waals surface area contributed by atoms with Gasteiger partial charge in [0.25, 0.3) is 0 Å². The monoisotopic (exact) mass is 243 g/mol. The molecule has 0 amide bonds. The maximum atomic E-state index is 10.7. The zero-order valence-corrected chi connectivity index (χ0v) is 10.7. The third-order valence-corrected chi connectivity index (χ3v) is 2.87. The molecule has 3 heteroatoms. The lowest BCUT2D eigenvalue weighted by Gasteiger charge is -1.96. The summed E-state index contributed by atoms with van der Waals surface area (Å²) < 4.78 is 0. The molecule has 86 valence electrons. The molecule has 0 aliphatic rings. The Balaban J connectivity index is 2.68. The van der Waals surface area contributed by atoms with E-state index < -0.39 is 0 Å². The number of carbonyl (C=O) groups is 1. The highest BCUT2D eigenvalue weighted by Gasteiger charge is 1.98. The lowest BCUT2D eigenvalue weighted by atomic mass is 10.1. The molecule has 0 aromatic heterocycles. The molecule has 0 saturated heterocycles. The van der Waals surface area contributed by atoms with Crippen LogP contribution in [0.4, 0.5) is 0 Å². The van der Waals surface area contributed by atoms with Crippen LogP contribution >= 0.6 is 11.8 Å². The minimum Gasteiger partial charge on any atom is -0.288 e. The Labute approximate surface area is 106 Å². The van der Waals surface area contributed by atoms with Crippen LogP contribution in [0.15, 0.2) is 18.2 Å². The molecule has 0 saturated carbocycles. The molecule has 0 unspecified atom stereocenters. The second-order valence-electron chi connectivity index (χ2n) is 3.55. The molecule has 2 nitrogen and oxygen atoms in total. The van der Waals surface area contributed by atoms with E-state index in [-0.39, 0.29) is 5.12 Å². The normalized spacial score (nSPS) is 9.00. The van der Waals surface area contributed by atoms with E-state index in [0.717, 1.165) is 11.1 Å². The topological polar surface area (TPSA) is 40.9 Å². The van der Waals surface area contributed by atoms with Crippen LogP contribution in [-0.4, -0.2) is 10.9 Å². The molecule has 1 aromatic rings. The number of nitrogens with zero attached hydrogens (tertiary/aromatic N) is 1. The van der Waals surface area contributed by atoms with Gasteiger partial charge < -0.3 is 0 Å². The Hall–Kier alpha value is -1.71. The van der Waals surface area contributed by atoms with Gasteiger partial charge in [0.15, 0.2) is 5.12 Å². The van der Waals surface area contributed by atoms with Gasteiger partial charge in [-0.15, -0.1) is 0 Å². The Morgan fingerprint density at radius 3 is 2.82 bits per heavy atom. The number of hydrogen-bond donors (Lipinski definition) is 0. The van der Waals surface area contributed by atoms with Crippen LogP contribution in [0, 0.1) is 30.1 Å². The molecule has 0 aliphatic carbocycles. The number of benzene rings is 1. The fraction of sp³-hybridized carbons (Fsp3) is 0.286. The molecule has 0 bridgehead atoms. The lowest BCUT2D eigenvalue weighted by molar-refractivity contribution is -0.109. The smallest absolute Gasteiger partial charge is 0.185 e. The van der Waals surface area contributed by atoms with Crippen molar-refractivity contribution in [1.29, 1.82) is 5.26 Å². The minimum absolute atomic E-state index is 0.111. The van der Waals surface area contributed by atoms with Gasteiger partial charge in [-0.1, -0.05) is 29.7 Å². The van der Waals surface area contributed by atoms with Crippen molar-refractivity contribution in [1.82, 2.24) is 0 Å². The molecule has 1 rings (SSSR count). The summed E-state index contributed by atoms with van der Waals surface area (Å²) in [6.07, 6.45) is 0.656. The van der Waals surface area contributed by atoms with Crippen LogP contribution in [0.3, 0.4) is 0 Å². The predicted molar refractivity (Wildman–Crippen MR) is 70.5 cm³/mol. The van der Waals surface area contributed by atoms with Gasteiger partial charge >= 0.3 is 0 Å². The van der Waals surface area contributed by atoms with Crippen LogP contribution in [0.5, 0.6) is 0 Å². The Kier molecular flexibility index (Phi) is 5.33. The summed E-state index contributed by atoms with van der Waals surface area (Å²) in [5.74, 6) is 6.67. The number of aryl methyl sites for hydroxylation is 1. The molecule has 0 fully saturated rings. The van der Waals surface area contributed by atoms with E-state index in [1.54, 1.807) is 13.0 Å². The maximum absolute atomic E-state index is 10.7. The second kappa shape index (κ2) is 6.78. The van der Waals surface area contributed by atoms with Gasteiger partial charge in [-0.25, -0.2) is 0 Å². The summed E-state index contributed by atoms with van der Waals surface area (Å²) in [7, 11) is 0. The predicted octanol–water partition coefficient (Wildman–Crippen LogP) is 2.89. The van der Waals surface area contributed by atoms with Gasteiger partial charge in [0, 0.05) is 24.7 Å². The molecule has 0 N–H and O–H groups in total. The Morgan fingerprint density at radius 1 is 1.41 bits per heavy atom. The first-order valence-corrected chi connectivity index (χ1v) is 6.25. The third kappa shape index (κ3) is 4.76. The molecule has 0 heterocycles. The molecule has 1 aromatic carbocycles. The van der Waals surface area contributed by atoms with E-state index in [4.69, 9.17) is 5.26 Å². The van der Waals surface area contributed by atoms with Gasteiger partial charge in [0.05, 0.1) is 5.56 Å². The average molecular weight is 243 g/mol. The average Bonchev–Trinajstić information content (AvgIpc) is 2.28. The molecule has 17 heavy (non-hydrogen) atoms. The van der Waals surface area contributed by atoms with Gasteiger partial charge in [0.2, 0.25) is 0 Å². The standard InChI is InChI=1S/C14H13NOS/c1-11-6-7-14(10-15)13(9-11)5-3-4-8-17-12(2)16/h6-7,9H,4,8H2,1-2H3. The SMILES string of the molecule is CC(=O)SCCC#Cc1cc(C)ccc1C#N. The largest absolute Gasteiger partial charge is 0.288 e. The van der Waals surface area contributed by atoms with Crippen molar-refractivity contribution in [2.45, 2.75) is 20.3 Å². The fourth-order valence-corrected chi connectivity index (χ4v) is 1.75. The van der Waals surface area contributed by atoms with Crippen molar-refractivity contribution >= 4 is 16.9 Å². The minimum atomic E-state index is 0.111. The molecular formula is C14H13NOS. The highest BCUT2D eigenvalue weighted by Crippen LogP contribution is 2.09. The van der Waals surface area contributed by atoms with Crippen molar-refractivity contribution in [3.8, 4) is 17.9 Å². The van der Waals surface area contributed by atoms with Gasteiger partial charge in [-0.05, 0) is 24.6 Å². The molecule has 0 spiro atoms. The van der Waals surface area contributed by atoms with E-state index in [2.05, 4.69) is 17.9 Å². The van der Waals surface area contributed by atoms with E-state index in [9.17, 15) is 4.79 Å². The Bertz CT molecular complexity index is 517. The lowest BCUT2D eigenvalue weighted by Crippen LogP contribution is -1.86. The zero-order chi connectivity index (χ0) is 12.7. The first kappa shape index (κ1) is 13.4. The molecule has 0 aliphatic heterocycles. The summed E-state index contributed by atoms with van der Waals surface area (Å²) in [6.45, 7) is 3.52. The fourth-order valence-electron chi connectivity index (χ4n) is 1.26. The van der Waals surface area contributed by atoms with Crippen molar-refractivity contribution in [3.05, 3.63) is 34.9 Å². The summed E-state index contributed by atoms with van der Waals surface area (Å²) in [6, 6.07) is 7.71. The number of nitriles is 1. The van der Waals surface area contributed by atoms with Gasteiger partial charge in [-0.2, -0.15) is 5.26 Å². The van der Waals surface area contributed by atoms with Crippen LogP contribution in [0.1, 0.15) is 30.0 Å². The number of thioether (sulfide) groups is 1. The first-order chi connectivity index (χ1) is 8.13. The van der Waals surface area contributed by atoms with Crippen molar-refractivity contribution in [3.63, 3.8) is 0 Å². The van der Waals surface area contributed by atoms with E-state index in [0.29, 0.717) is 17.7 Å². The van der Waals surface area contributed by atoms with Crippen LogP contribution in [-0.2, 0) is 4.79 Å². The zero-order valence-electron chi connectivity index (χ0n) is 9.91. The molecule has 0 atom stereocenters. The first-order valence-electron chi connectivity index (χ1n) is 5.26. The van der Waals surface area contributed by atoms with Crippen molar-refractivity contribution in [2.24, 2.45) is 0 Å². The maximum Gasteiger partial charge on any atom is 0.185 e. The summed E-state index contributed by atoms with van der Waals surface area (Å²) in [5, 5.41) is 9.03. The summed E-state index contributed by atoms with van der Waals surface area (Å²) in [5.41, 5.74) is 2.45. The second-order valence-corrected chi connectivity index (χ2v) is 4.82. The van der Waals surface area contributed by atoms with E-state index >= 15 is 0 Å². The number of rotatable bonds is 2. The molecule has 0 radical (unpaired) electrons. The summed E-state index contributed by atoms with van der Waals surface area (Å²) in [4.78, 5) is 10.7. The number of carbonyl (C=O) groups excluding carboxylic acids is 1. The van der Waals surface area contributed by atoms with E-state index in [1.165, 1.54) is 11.8 Å². The summed E-state index contributed by atoms with van der Waals surface area (Å²) >= 11 is 1.27. The van der Waals surface area contributed by atoms with Gasteiger partial charge in [-0.3, -0.25) is 4.79 Å².